The molecule has 1 atom stereocenters. The molecule has 3 rings (SSSR count). The molecule has 1 aliphatic rings. The quantitative estimate of drug-likeness (QED) is 0.628. The summed E-state index contributed by atoms with van der Waals surface area (Å²) in [5.41, 5.74) is 0.742. The Hall–Kier alpha value is -2.75. The predicted molar refractivity (Wildman–Crippen MR) is 122 cm³/mol. The highest BCUT2D eigenvalue weighted by Gasteiger charge is 2.30. The van der Waals surface area contributed by atoms with Crippen molar-refractivity contribution in [2.45, 2.75) is 46.5 Å². The number of aromatic amines is 1. The number of piperidine rings is 1. The molecule has 1 aliphatic heterocycles. The van der Waals surface area contributed by atoms with Gasteiger partial charge >= 0.3 is 5.97 Å². The first-order valence-electron chi connectivity index (χ1n) is 10.9. The first-order chi connectivity index (χ1) is 15.2. The monoisotopic (exact) mass is 462 g/mol. The first-order valence-corrected chi connectivity index (χ1v) is 11.7. The van der Waals surface area contributed by atoms with Crippen LogP contribution >= 0.6 is 11.3 Å². The van der Waals surface area contributed by atoms with Gasteiger partial charge in [-0.1, -0.05) is 0 Å². The van der Waals surface area contributed by atoms with Crippen LogP contribution in [-0.4, -0.2) is 70.8 Å². The summed E-state index contributed by atoms with van der Waals surface area (Å²) < 4.78 is 5.07. The zero-order valence-electron chi connectivity index (χ0n) is 19.0. The van der Waals surface area contributed by atoms with Crippen LogP contribution in [0.15, 0.2) is 4.79 Å². The fourth-order valence-corrected chi connectivity index (χ4v) is 4.93. The number of carbonyl (C=O) groups excluding carboxylic acids is 3. The number of H-pyrrole nitrogens is 1. The minimum absolute atomic E-state index is 0.0549. The summed E-state index contributed by atoms with van der Waals surface area (Å²) in [5, 5.41) is 0.605. The van der Waals surface area contributed by atoms with E-state index in [1.54, 1.807) is 18.9 Å². The SMILES string of the molecule is CCOC(=O)C1CCCN(C(=O)CN(C)C(=O)CCc2nc3sc(C)c(C)c3c(=O)[nH]2)C1. The lowest BCUT2D eigenvalue weighted by atomic mass is 9.98. The molecule has 2 amide bonds. The van der Waals surface area contributed by atoms with Crippen molar-refractivity contribution in [2.24, 2.45) is 5.92 Å². The van der Waals surface area contributed by atoms with Crippen LogP contribution in [0, 0.1) is 19.8 Å². The number of rotatable bonds is 7. The number of fused-ring (bicyclic) bond motifs is 1. The van der Waals surface area contributed by atoms with Gasteiger partial charge < -0.3 is 19.5 Å². The number of aryl methyl sites for hydroxylation is 3. The second kappa shape index (κ2) is 10.2. The van der Waals surface area contributed by atoms with Gasteiger partial charge in [-0.3, -0.25) is 19.2 Å². The summed E-state index contributed by atoms with van der Waals surface area (Å²) in [4.78, 5) is 61.6. The standard InChI is InChI=1S/C22H30N4O5S/c1-5-31-22(30)15-7-6-10-26(11-15)18(28)12-25(4)17(27)9-8-16-23-20(29)19-13(2)14(3)32-21(19)24-16/h15H,5-12H2,1-4H3,(H,23,24,29). The number of amides is 2. The van der Waals surface area contributed by atoms with E-state index in [0.29, 0.717) is 42.2 Å². The molecule has 3 heterocycles. The largest absolute Gasteiger partial charge is 0.466 e. The van der Waals surface area contributed by atoms with E-state index in [2.05, 4.69) is 9.97 Å². The number of nitrogens with zero attached hydrogens (tertiary/aromatic N) is 3. The molecule has 32 heavy (non-hydrogen) atoms. The van der Waals surface area contributed by atoms with Crippen LogP contribution in [0.5, 0.6) is 0 Å². The molecule has 0 radical (unpaired) electrons. The zero-order valence-corrected chi connectivity index (χ0v) is 19.8. The molecule has 2 aromatic rings. The molecular weight excluding hydrogens is 432 g/mol. The lowest BCUT2D eigenvalue weighted by Crippen LogP contribution is -2.47. The molecule has 0 aromatic carbocycles. The summed E-state index contributed by atoms with van der Waals surface area (Å²) in [5.74, 6) is -0.518. The molecule has 1 N–H and O–H groups in total. The van der Waals surface area contributed by atoms with Gasteiger partial charge in [0.25, 0.3) is 5.56 Å². The van der Waals surface area contributed by atoms with Gasteiger partial charge in [0.2, 0.25) is 11.8 Å². The number of nitrogens with one attached hydrogen (secondary N) is 1. The maximum absolute atomic E-state index is 12.7. The second-order valence-electron chi connectivity index (χ2n) is 8.16. The number of hydrogen-bond donors (Lipinski definition) is 1. The molecule has 10 heteroatoms. The van der Waals surface area contributed by atoms with Gasteiger partial charge in [-0.2, -0.15) is 0 Å². The topological polar surface area (TPSA) is 113 Å². The van der Waals surface area contributed by atoms with Gasteiger partial charge in [0.1, 0.15) is 10.7 Å². The molecule has 0 saturated carbocycles. The lowest BCUT2D eigenvalue weighted by molar-refractivity contribution is -0.152. The highest BCUT2D eigenvalue weighted by molar-refractivity contribution is 7.18. The van der Waals surface area contributed by atoms with Crippen molar-refractivity contribution in [3.63, 3.8) is 0 Å². The van der Waals surface area contributed by atoms with Crippen molar-refractivity contribution >= 4 is 39.3 Å². The second-order valence-corrected chi connectivity index (χ2v) is 9.36. The molecule has 9 nitrogen and oxygen atoms in total. The Morgan fingerprint density at radius 3 is 2.78 bits per heavy atom. The number of carbonyl (C=O) groups is 3. The third-order valence-electron chi connectivity index (χ3n) is 5.86. The number of likely N-dealkylation sites (N-methyl/N-ethyl adjacent to an activating group) is 1. The number of hydrogen-bond acceptors (Lipinski definition) is 7. The number of aromatic nitrogens is 2. The van der Waals surface area contributed by atoms with Crippen LogP contribution in [-0.2, 0) is 25.5 Å². The van der Waals surface area contributed by atoms with E-state index in [9.17, 15) is 19.2 Å². The zero-order chi connectivity index (χ0) is 23.4. The van der Waals surface area contributed by atoms with Crippen LogP contribution in [0.3, 0.4) is 0 Å². The summed E-state index contributed by atoms with van der Waals surface area (Å²) in [6, 6.07) is 0. The van der Waals surface area contributed by atoms with E-state index in [-0.39, 0.29) is 48.6 Å². The Bertz CT molecular complexity index is 1080. The maximum Gasteiger partial charge on any atom is 0.310 e. The number of esters is 1. The molecule has 1 fully saturated rings. The smallest absolute Gasteiger partial charge is 0.310 e. The number of likely N-dealkylation sites (tertiary alicyclic amines) is 1. The Morgan fingerprint density at radius 1 is 1.31 bits per heavy atom. The average molecular weight is 463 g/mol. The van der Waals surface area contributed by atoms with Crippen molar-refractivity contribution in [1.29, 1.82) is 0 Å². The molecular formula is C22H30N4O5S. The van der Waals surface area contributed by atoms with Crippen molar-refractivity contribution in [2.75, 3.05) is 33.3 Å². The van der Waals surface area contributed by atoms with Gasteiger partial charge in [-0.15, -0.1) is 11.3 Å². The van der Waals surface area contributed by atoms with E-state index in [4.69, 9.17) is 4.74 Å². The summed E-state index contributed by atoms with van der Waals surface area (Å²) >= 11 is 1.47. The van der Waals surface area contributed by atoms with Gasteiger partial charge in [0.05, 0.1) is 24.5 Å². The number of ether oxygens (including phenoxy) is 1. The molecule has 0 bridgehead atoms. The van der Waals surface area contributed by atoms with E-state index in [1.165, 1.54) is 16.2 Å². The van der Waals surface area contributed by atoms with Crippen LogP contribution in [0.1, 0.15) is 42.5 Å². The lowest BCUT2D eigenvalue weighted by Gasteiger charge is -2.32. The molecule has 0 aliphatic carbocycles. The minimum Gasteiger partial charge on any atom is -0.466 e. The van der Waals surface area contributed by atoms with Crippen molar-refractivity contribution in [1.82, 2.24) is 19.8 Å². The molecule has 1 saturated heterocycles. The van der Waals surface area contributed by atoms with Crippen LogP contribution in [0.25, 0.3) is 10.2 Å². The fourth-order valence-electron chi connectivity index (χ4n) is 3.88. The Morgan fingerprint density at radius 2 is 2.06 bits per heavy atom. The third kappa shape index (κ3) is 5.35. The highest BCUT2D eigenvalue weighted by atomic mass is 32.1. The highest BCUT2D eigenvalue weighted by Crippen LogP contribution is 2.25. The van der Waals surface area contributed by atoms with Crippen molar-refractivity contribution in [3.05, 3.63) is 26.6 Å². The summed E-state index contributed by atoms with van der Waals surface area (Å²) in [7, 11) is 1.58. The normalized spacial score (nSPS) is 16.2. The maximum atomic E-state index is 12.7. The number of thiophene rings is 1. The minimum atomic E-state index is -0.309. The Balaban J connectivity index is 1.54. The van der Waals surface area contributed by atoms with E-state index >= 15 is 0 Å². The third-order valence-corrected chi connectivity index (χ3v) is 6.96. The van der Waals surface area contributed by atoms with Gasteiger partial charge in [0.15, 0.2) is 0 Å². The molecule has 2 aromatic heterocycles. The van der Waals surface area contributed by atoms with E-state index < -0.39 is 0 Å². The van der Waals surface area contributed by atoms with Crippen LogP contribution in [0.4, 0.5) is 0 Å². The fraction of sp³-hybridized carbons (Fsp3) is 0.591. The van der Waals surface area contributed by atoms with Gasteiger partial charge in [0, 0.05) is 37.9 Å². The summed E-state index contributed by atoms with van der Waals surface area (Å²) in [6.07, 6.45) is 1.85. The molecule has 0 spiro atoms. The van der Waals surface area contributed by atoms with Gasteiger partial charge in [-0.25, -0.2) is 4.98 Å². The van der Waals surface area contributed by atoms with Crippen LogP contribution < -0.4 is 5.56 Å². The Kier molecular flexibility index (Phi) is 7.65. The predicted octanol–water partition coefficient (Wildman–Crippen LogP) is 1.79. The van der Waals surface area contributed by atoms with E-state index in [1.807, 2.05) is 13.8 Å². The van der Waals surface area contributed by atoms with Crippen molar-refractivity contribution in [3.8, 4) is 0 Å². The Labute approximate surface area is 190 Å². The summed E-state index contributed by atoms with van der Waals surface area (Å²) in [6.45, 7) is 6.77. The average Bonchev–Trinajstić information content (AvgIpc) is 3.05. The molecule has 174 valence electrons. The van der Waals surface area contributed by atoms with Crippen molar-refractivity contribution < 1.29 is 19.1 Å². The van der Waals surface area contributed by atoms with E-state index in [0.717, 1.165) is 16.9 Å². The van der Waals surface area contributed by atoms with Gasteiger partial charge in [-0.05, 0) is 39.2 Å². The van der Waals surface area contributed by atoms with Crippen LogP contribution in [0.2, 0.25) is 0 Å². The first kappa shape index (κ1) is 23.9. The molecule has 1 unspecified atom stereocenters.